The zero-order valence-electron chi connectivity index (χ0n) is 16.1. The van der Waals surface area contributed by atoms with Crippen molar-refractivity contribution < 1.29 is 19.1 Å². The molecule has 0 unspecified atom stereocenters. The topological polar surface area (TPSA) is 76.7 Å². The summed E-state index contributed by atoms with van der Waals surface area (Å²) in [5.74, 6) is 1.06. The van der Waals surface area contributed by atoms with E-state index in [1.54, 1.807) is 30.3 Å². The summed E-state index contributed by atoms with van der Waals surface area (Å²) in [7, 11) is 0. The van der Waals surface area contributed by atoms with Gasteiger partial charge in [-0.15, -0.1) is 11.3 Å². The Hall–Kier alpha value is -3.32. The minimum absolute atomic E-state index is 0.156. The maximum atomic E-state index is 12.8. The molecule has 6 nitrogen and oxygen atoms in total. The molecule has 2 heterocycles. The Balaban J connectivity index is 1.33. The minimum atomic E-state index is -0.240. The van der Waals surface area contributed by atoms with Crippen LogP contribution in [0.3, 0.4) is 0 Å². The van der Waals surface area contributed by atoms with E-state index in [9.17, 15) is 9.59 Å². The first kappa shape index (κ1) is 18.7. The molecule has 30 heavy (non-hydrogen) atoms. The van der Waals surface area contributed by atoms with Gasteiger partial charge in [-0.05, 0) is 60.9 Å². The Morgan fingerprint density at radius 1 is 0.900 bits per heavy atom. The molecule has 0 radical (unpaired) electrons. The summed E-state index contributed by atoms with van der Waals surface area (Å²) in [4.78, 5) is 26.8. The molecule has 1 aromatic heterocycles. The largest absolute Gasteiger partial charge is 0.486 e. The number of ether oxygens (including phenoxy) is 2. The normalized spacial score (nSPS) is 14.8. The van der Waals surface area contributed by atoms with Crippen LogP contribution in [0, 0.1) is 0 Å². The number of thiophene rings is 1. The highest BCUT2D eigenvalue weighted by Crippen LogP contribution is 2.37. The van der Waals surface area contributed by atoms with Gasteiger partial charge in [0, 0.05) is 10.9 Å². The van der Waals surface area contributed by atoms with E-state index >= 15 is 0 Å². The Morgan fingerprint density at radius 3 is 2.53 bits per heavy atom. The quantitative estimate of drug-likeness (QED) is 0.644. The molecule has 2 aliphatic rings. The van der Waals surface area contributed by atoms with Crippen molar-refractivity contribution >= 4 is 28.8 Å². The van der Waals surface area contributed by atoms with E-state index in [0.717, 1.165) is 29.0 Å². The number of carbonyl (C=O) groups is 2. The summed E-state index contributed by atoms with van der Waals surface area (Å²) in [6, 6.07) is 16.8. The van der Waals surface area contributed by atoms with Crippen LogP contribution in [0.1, 0.15) is 32.9 Å². The molecule has 1 aliphatic carbocycles. The van der Waals surface area contributed by atoms with Crippen molar-refractivity contribution in [3.05, 3.63) is 65.0 Å². The second kappa shape index (κ2) is 7.84. The second-order valence-corrected chi connectivity index (χ2v) is 8.35. The van der Waals surface area contributed by atoms with Gasteiger partial charge in [0.05, 0.1) is 16.1 Å². The fourth-order valence-corrected chi connectivity index (χ4v) is 4.17. The summed E-state index contributed by atoms with van der Waals surface area (Å²) in [5.41, 5.74) is 1.95. The fraction of sp³-hybridized carbons (Fsp3) is 0.217. The van der Waals surface area contributed by atoms with E-state index in [4.69, 9.17) is 9.47 Å². The van der Waals surface area contributed by atoms with Crippen LogP contribution in [-0.2, 0) is 0 Å². The molecule has 152 valence electrons. The van der Waals surface area contributed by atoms with E-state index in [0.29, 0.717) is 35.1 Å². The van der Waals surface area contributed by atoms with Crippen LogP contribution in [0.25, 0.3) is 10.4 Å². The van der Waals surface area contributed by atoms with E-state index in [2.05, 4.69) is 10.6 Å². The number of benzene rings is 2. The Morgan fingerprint density at radius 2 is 1.70 bits per heavy atom. The number of carbonyl (C=O) groups excluding carboxylic acids is 2. The average molecular weight is 420 g/mol. The number of hydrogen-bond donors (Lipinski definition) is 2. The average Bonchev–Trinajstić information content (AvgIpc) is 3.44. The van der Waals surface area contributed by atoms with Gasteiger partial charge in [-0.25, -0.2) is 0 Å². The summed E-state index contributed by atoms with van der Waals surface area (Å²) in [6.45, 7) is 1.08. The molecular formula is C23H20N2O4S. The third kappa shape index (κ3) is 3.89. The van der Waals surface area contributed by atoms with Crippen LogP contribution >= 0.6 is 11.3 Å². The lowest BCUT2D eigenvalue weighted by Crippen LogP contribution is -2.26. The first-order valence-electron chi connectivity index (χ1n) is 9.88. The molecular weight excluding hydrogens is 400 g/mol. The first-order valence-corrected chi connectivity index (χ1v) is 10.7. The first-order chi connectivity index (χ1) is 14.7. The minimum Gasteiger partial charge on any atom is -0.486 e. The molecule has 2 aromatic carbocycles. The highest BCUT2D eigenvalue weighted by molar-refractivity contribution is 7.17. The third-order valence-corrected chi connectivity index (χ3v) is 6.12. The van der Waals surface area contributed by atoms with Crippen LogP contribution in [-0.4, -0.2) is 31.1 Å². The predicted octanol–water partition coefficient (Wildman–Crippen LogP) is 4.33. The summed E-state index contributed by atoms with van der Waals surface area (Å²) >= 11 is 1.39. The van der Waals surface area contributed by atoms with Crippen molar-refractivity contribution in [2.75, 3.05) is 18.5 Å². The highest BCUT2D eigenvalue weighted by atomic mass is 32.1. The van der Waals surface area contributed by atoms with Gasteiger partial charge in [0.25, 0.3) is 11.8 Å². The number of para-hydroxylation sites is 1. The third-order valence-electron chi connectivity index (χ3n) is 4.99. The number of nitrogens with one attached hydrogen (secondary N) is 2. The predicted molar refractivity (Wildman–Crippen MR) is 116 cm³/mol. The number of rotatable bonds is 5. The van der Waals surface area contributed by atoms with Gasteiger partial charge in [-0.3, -0.25) is 9.59 Å². The molecule has 1 aliphatic heterocycles. The van der Waals surface area contributed by atoms with Crippen LogP contribution < -0.4 is 20.1 Å². The van der Waals surface area contributed by atoms with Crippen LogP contribution in [0.5, 0.6) is 11.5 Å². The van der Waals surface area contributed by atoms with Crippen molar-refractivity contribution in [1.82, 2.24) is 5.32 Å². The van der Waals surface area contributed by atoms with E-state index in [-0.39, 0.29) is 17.9 Å². The second-order valence-electron chi connectivity index (χ2n) is 7.27. The molecule has 3 aromatic rings. The molecule has 2 N–H and O–H groups in total. The SMILES string of the molecule is O=C(Nc1ccccc1C(=O)NC1CC1)c1ccc(-c2ccc3c(c2)OCCO3)s1. The molecule has 7 heteroatoms. The van der Waals surface area contributed by atoms with Crippen molar-refractivity contribution in [3.63, 3.8) is 0 Å². The summed E-state index contributed by atoms with van der Waals surface area (Å²) < 4.78 is 11.2. The van der Waals surface area contributed by atoms with Gasteiger partial charge in [0.15, 0.2) is 11.5 Å². The highest BCUT2D eigenvalue weighted by Gasteiger charge is 2.25. The van der Waals surface area contributed by atoms with Crippen LogP contribution in [0.4, 0.5) is 5.69 Å². The number of amides is 2. The lowest BCUT2D eigenvalue weighted by Gasteiger charge is -2.18. The number of anilines is 1. The molecule has 0 spiro atoms. The lowest BCUT2D eigenvalue weighted by molar-refractivity contribution is 0.0952. The van der Waals surface area contributed by atoms with Crippen molar-refractivity contribution in [2.45, 2.75) is 18.9 Å². The monoisotopic (exact) mass is 420 g/mol. The van der Waals surface area contributed by atoms with Gasteiger partial charge in [-0.2, -0.15) is 0 Å². The molecule has 0 saturated heterocycles. The van der Waals surface area contributed by atoms with Gasteiger partial charge in [0.2, 0.25) is 0 Å². The maximum Gasteiger partial charge on any atom is 0.265 e. The number of fused-ring (bicyclic) bond motifs is 1. The molecule has 0 bridgehead atoms. The molecule has 0 atom stereocenters. The fourth-order valence-electron chi connectivity index (χ4n) is 3.28. The zero-order valence-corrected chi connectivity index (χ0v) is 17.0. The van der Waals surface area contributed by atoms with Crippen molar-refractivity contribution in [2.24, 2.45) is 0 Å². The van der Waals surface area contributed by atoms with E-state index < -0.39 is 0 Å². The van der Waals surface area contributed by atoms with Gasteiger partial charge < -0.3 is 20.1 Å². The van der Waals surface area contributed by atoms with E-state index in [1.165, 1.54) is 11.3 Å². The Labute approximate surface area is 177 Å². The number of hydrogen-bond acceptors (Lipinski definition) is 5. The lowest BCUT2D eigenvalue weighted by atomic mass is 10.1. The Bertz CT molecular complexity index is 1120. The van der Waals surface area contributed by atoms with Gasteiger partial charge in [-0.1, -0.05) is 12.1 Å². The zero-order chi connectivity index (χ0) is 20.5. The molecule has 1 saturated carbocycles. The van der Waals surface area contributed by atoms with Crippen molar-refractivity contribution in [3.8, 4) is 21.9 Å². The molecule has 2 amide bonds. The standard InChI is InChI=1S/C23H20N2O4S/c26-22(24-15-6-7-15)16-3-1-2-4-17(16)25-23(27)21-10-9-20(30-21)14-5-8-18-19(13-14)29-12-11-28-18/h1-5,8-10,13,15H,6-7,11-12H2,(H,24,26)(H,25,27). The van der Waals surface area contributed by atoms with Gasteiger partial charge in [0.1, 0.15) is 13.2 Å². The van der Waals surface area contributed by atoms with Gasteiger partial charge >= 0.3 is 0 Å². The Kier molecular flexibility index (Phi) is 4.88. The van der Waals surface area contributed by atoms with Crippen molar-refractivity contribution in [1.29, 1.82) is 0 Å². The van der Waals surface area contributed by atoms with Crippen LogP contribution in [0.15, 0.2) is 54.6 Å². The molecule has 5 rings (SSSR count). The van der Waals surface area contributed by atoms with Crippen LogP contribution in [0.2, 0.25) is 0 Å². The van der Waals surface area contributed by atoms with E-state index in [1.807, 2.05) is 24.3 Å². The maximum absolute atomic E-state index is 12.8. The summed E-state index contributed by atoms with van der Waals surface area (Å²) in [5, 5.41) is 5.85. The smallest absolute Gasteiger partial charge is 0.265 e. The molecule has 1 fully saturated rings. The summed E-state index contributed by atoms with van der Waals surface area (Å²) in [6.07, 6.45) is 2.02.